The first kappa shape index (κ1) is 25.5. The molecule has 2 atom stereocenters. The fourth-order valence-electron chi connectivity index (χ4n) is 5.30. The van der Waals surface area contributed by atoms with E-state index in [9.17, 15) is 9.59 Å². The van der Waals surface area contributed by atoms with Gasteiger partial charge in [-0.05, 0) is 84.5 Å². The van der Waals surface area contributed by atoms with Crippen molar-refractivity contribution < 1.29 is 23.8 Å². The third-order valence-corrected chi connectivity index (χ3v) is 7.58. The van der Waals surface area contributed by atoms with E-state index in [4.69, 9.17) is 42.5 Å². The highest BCUT2D eigenvalue weighted by atomic mass is 35.5. The number of hydrazone groups is 1. The average molecular weight is 563 g/mol. The van der Waals surface area contributed by atoms with Crippen molar-refractivity contribution in [3.63, 3.8) is 0 Å². The van der Waals surface area contributed by atoms with Crippen molar-refractivity contribution in [2.45, 2.75) is 25.3 Å². The molecular formula is C30H24Cl2N2O5. The Morgan fingerprint density at radius 1 is 1.00 bits per heavy atom. The van der Waals surface area contributed by atoms with E-state index < -0.39 is 18.5 Å². The zero-order valence-electron chi connectivity index (χ0n) is 20.8. The van der Waals surface area contributed by atoms with Gasteiger partial charge in [0.15, 0.2) is 18.1 Å². The molecule has 2 unspecified atom stereocenters. The van der Waals surface area contributed by atoms with Crippen molar-refractivity contribution in [3.05, 3.63) is 99.0 Å². The van der Waals surface area contributed by atoms with E-state index in [-0.39, 0.29) is 24.3 Å². The number of fused-ring (bicyclic) bond motifs is 2. The quantitative estimate of drug-likeness (QED) is 0.323. The normalized spacial score (nSPS) is 20.5. The van der Waals surface area contributed by atoms with Crippen LogP contribution < -0.4 is 9.47 Å². The van der Waals surface area contributed by atoms with Crippen LogP contribution in [0.4, 0.5) is 0 Å². The van der Waals surface area contributed by atoms with Gasteiger partial charge < -0.3 is 14.2 Å². The maximum Gasteiger partial charge on any atom is 0.338 e. The molecule has 0 aromatic heterocycles. The molecule has 6 rings (SSSR count). The lowest BCUT2D eigenvalue weighted by molar-refractivity contribution is -0.137. The van der Waals surface area contributed by atoms with Crippen LogP contribution in [0.5, 0.6) is 11.5 Å². The minimum Gasteiger partial charge on any atom is -0.454 e. The minimum absolute atomic E-state index is 0.00105. The van der Waals surface area contributed by atoms with E-state index in [0.717, 1.165) is 41.7 Å². The highest BCUT2D eigenvalue weighted by molar-refractivity contribution is 6.31. The van der Waals surface area contributed by atoms with Crippen LogP contribution in [-0.4, -0.2) is 36.0 Å². The number of benzene rings is 3. The molecule has 1 amide bonds. The number of carbonyl (C=O) groups excluding carboxylic acids is 2. The monoisotopic (exact) mass is 562 g/mol. The molecule has 0 bridgehead atoms. The number of hydrogen-bond donors (Lipinski definition) is 0. The van der Waals surface area contributed by atoms with Crippen LogP contribution in [0.3, 0.4) is 0 Å². The summed E-state index contributed by atoms with van der Waals surface area (Å²) in [5.74, 6) is -0.0133. The molecule has 0 saturated heterocycles. The fraction of sp³-hybridized carbons (Fsp3) is 0.233. The summed E-state index contributed by atoms with van der Waals surface area (Å²) in [5, 5.41) is 7.56. The maximum atomic E-state index is 13.5. The number of halogens is 2. The molecule has 3 aliphatic rings. The van der Waals surface area contributed by atoms with Gasteiger partial charge in [-0.1, -0.05) is 47.5 Å². The molecule has 39 heavy (non-hydrogen) atoms. The lowest BCUT2D eigenvalue weighted by Crippen LogP contribution is -2.34. The van der Waals surface area contributed by atoms with Gasteiger partial charge in [-0.3, -0.25) is 4.79 Å². The number of nitrogens with zero attached hydrogens (tertiary/aromatic N) is 2. The fourth-order valence-corrected chi connectivity index (χ4v) is 5.62. The summed E-state index contributed by atoms with van der Waals surface area (Å²) in [6.45, 7) is -0.350. The van der Waals surface area contributed by atoms with Gasteiger partial charge in [-0.25, -0.2) is 9.80 Å². The number of esters is 1. The molecule has 7 nitrogen and oxygen atoms in total. The number of allylic oxidation sites excluding steroid dienone is 1. The number of carbonyl (C=O) groups is 2. The van der Waals surface area contributed by atoms with Gasteiger partial charge in [0.25, 0.3) is 5.91 Å². The largest absolute Gasteiger partial charge is 0.454 e. The van der Waals surface area contributed by atoms with Gasteiger partial charge in [-0.2, -0.15) is 5.10 Å². The number of rotatable bonds is 5. The summed E-state index contributed by atoms with van der Waals surface area (Å²) >= 11 is 12.4. The van der Waals surface area contributed by atoms with Gasteiger partial charge >= 0.3 is 5.97 Å². The molecular weight excluding hydrogens is 539 g/mol. The number of hydrogen-bond acceptors (Lipinski definition) is 6. The van der Waals surface area contributed by atoms with E-state index >= 15 is 0 Å². The SMILES string of the molecule is O=C(OCC(=O)N1N=C2C(=Cc3cccc(Cl)c3)CCCC2C1c1ccc(Cl)cc1)c1ccc2c(c1)OCO2. The summed E-state index contributed by atoms with van der Waals surface area (Å²) in [6, 6.07) is 19.5. The Balaban J connectivity index is 1.27. The van der Waals surface area contributed by atoms with Crippen molar-refractivity contribution in [1.82, 2.24) is 5.01 Å². The first-order valence-corrected chi connectivity index (χ1v) is 13.4. The van der Waals surface area contributed by atoms with Crippen molar-refractivity contribution in [3.8, 4) is 11.5 Å². The summed E-state index contributed by atoms with van der Waals surface area (Å²) in [4.78, 5) is 26.2. The number of ether oxygens (including phenoxy) is 3. The molecule has 3 aromatic carbocycles. The van der Waals surface area contributed by atoms with E-state index in [1.807, 2.05) is 48.5 Å². The zero-order chi connectivity index (χ0) is 26.9. The topological polar surface area (TPSA) is 77.4 Å². The molecule has 9 heteroatoms. The van der Waals surface area contributed by atoms with Gasteiger partial charge in [0, 0.05) is 16.0 Å². The van der Waals surface area contributed by atoms with Crippen LogP contribution >= 0.6 is 23.2 Å². The van der Waals surface area contributed by atoms with Gasteiger partial charge in [0.1, 0.15) is 0 Å². The van der Waals surface area contributed by atoms with Crippen LogP contribution in [0.15, 0.2) is 77.4 Å². The van der Waals surface area contributed by atoms with E-state index in [1.54, 1.807) is 18.2 Å². The molecule has 1 saturated carbocycles. The molecule has 198 valence electrons. The van der Waals surface area contributed by atoms with Crippen molar-refractivity contribution in [1.29, 1.82) is 0 Å². The van der Waals surface area contributed by atoms with Gasteiger partial charge in [-0.15, -0.1) is 0 Å². The Morgan fingerprint density at radius 3 is 2.64 bits per heavy atom. The van der Waals surface area contributed by atoms with Crippen LogP contribution in [0.1, 0.15) is 46.8 Å². The Labute approximate surface area is 235 Å². The van der Waals surface area contributed by atoms with Crippen molar-refractivity contribution in [2.24, 2.45) is 11.0 Å². The molecule has 3 aromatic rings. The molecule has 2 aliphatic heterocycles. The first-order valence-electron chi connectivity index (χ1n) is 12.7. The van der Waals surface area contributed by atoms with E-state index in [0.29, 0.717) is 21.5 Å². The number of amides is 1. The van der Waals surface area contributed by atoms with Crippen molar-refractivity contribution >= 4 is 46.9 Å². The maximum absolute atomic E-state index is 13.5. The Hall–Kier alpha value is -3.81. The molecule has 1 aliphatic carbocycles. The molecule has 0 spiro atoms. The molecule has 0 radical (unpaired) electrons. The summed E-state index contributed by atoms with van der Waals surface area (Å²) in [6.07, 6.45) is 4.76. The molecule has 1 fully saturated rings. The summed E-state index contributed by atoms with van der Waals surface area (Å²) < 4.78 is 16.0. The van der Waals surface area contributed by atoms with Crippen molar-refractivity contribution in [2.75, 3.05) is 13.4 Å². The highest BCUT2D eigenvalue weighted by Crippen LogP contribution is 2.44. The van der Waals surface area contributed by atoms with Crippen LogP contribution in [0, 0.1) is 5.92 Å². The highest BCUT2D eigenvalue weighted by Gasteiger charge is 2.43. The molecule has 2 heterocycles. The van der Waals surface area contributed by atoms with Gasteiger partial charge in [0.2, 0.25) is 6.79 Å². The first-order chi connectivity index (χ1) is 19.0. The lowest BCUT2D eigenvalue weighted by Gasteiger charge is -2.29. The predicted octanol–water partition coefficient (Wildman–Crippen LogP) is 6.70. The Bertz CT molecular complexity index is 1500. The summed E-state index contributed by atoms with van der Waals surface area (Å²) in [7, 11) is 0. The third kappa shape index (κ3) is 5.24. The second-order valence-electron chi connectivity index (χ2n) is 9.59. The Morgan fingerprint density at radius 2 is 1.82 bits per heavy atom. The average Bonchev–Trinajstić information content (AvgIpc) is 3.57. The standard InChI is InChI=1S/C30H24Cl2N2O5/c31-22-10-7-19(8-11-22)29-24-6-2-4-20(13-18-3-1-5-23(32)14-18)28(24)33-34(29)27(35)16-37-30(36)21-9-12-25-26(15-21)39-17-38-25/h1,3,5,7-15,24,29H,2,4,6,16-17H2. The second kappa shape index (κ2) is 10.8. The van der Waals surface area contributed by atoms with E-state index in [1.165, 1.54) is 5.01 Å². The smallest absolute Gasteiger partial charge is 0.338 e. The van der Waals surface area contributed by atoms with Crippen LogP contribution in [-0.2, 0) is 9.53 Å². The summed E-state index contributed by atoms with van der Waals surface area (Å²) in [5.41, 5.74) is 4.11. The van der Waals surface area contributed by atoms with Crippen LogP contribution in [0.2, 0.25) is 10.0 Å². The third-order valence-electron chi connectivity index (χ3n) is 7.09. The minimum atomic E-state index is -0.629. The lowest BCUT2D eigenvalue weighted by atomic mass is 9.77. The van der Waals surface area contributed by atoms with E-state index in [2.05, 4.69) is 6.08 Å². The molecule has 0 N–H and O–H groups in total. The second-order valence-corrected chi connectivity index (χ2v) is 10.5. The van der Waals surface area contributed by atoms with Gasteiger partial charge in [0.05, 0.1) is 17.3 Å². The zero-order valence-corrected chi connectivity index (χ0v) is 22.3. The Kier molecular flexibility index (Phi) is 7.02. The van der Waals surface area contributed by atoms with Crippen LogP contribution in [0.25, 0.3) is 6.08 Å². The predicted molar refractivity (Wildman–Crippen MR) is 148 cm³/mol.